The number of halogens is 4. The van der Waals surface area contributed by atoms with E-state index in [1.165, 1.54) is 23.9 Å². The largest absolute Gasteiger partial charge is 0.416 e. The molecule has 7 nitrogen and oxygen atoms in total. The fourth-order valence-electron chi connectivity index (χ4n) is 4.49. The van der Waals surface area contributed by atoms with Gasteiger partial charge in [0.2, 0.25) is 0 Å². The highest BCUT2D eigenvalue weighted by atomic mass is 35.5. The summed E-state index contributed by atoms with van der Waals surface area (Å²) in [5, 5.41) is 18.5. The molecule has 12 heteroatoms. The third-order valence-corrected chi connectivity index (χ3v) is 7.59. The van der Waals surface area contributed by atoms with Crippen molar-refractivity contribution in [1.29, 1.82) is 0 Å². The first-order valence-corrected chi connectivity index (χ1v) is 12.8. The smallest absolute Gasteiger partial charge is 0.395 e. The molecule has 5 rings (SSSR count). The van der Waals surface area contributed by atoms with Crippen molar-refractivity contribution >= 4 is 51.4 Å². The molecule has 194 valence electrons. The maximum absolute atomic E-state index is 13.6. The fraction of sp³-hybridized carbons (Fsp3) is 0.320. The third-order valence-electron chi connectivity index (χ3n) is 6.31. The van der Waals surface area contributed by atoms with Gasteiger partial charge < -0.3 is 15.3 Å². The van der Waals surface area contributed by atoms with Gasteiger partial charge in [-0.3, -0.25) is 9.48 Å². The minimum atomic E-state index is -4.53. The van der Waals surface area contributed by atoms with E-state index in [1.54, 1.807) is 29.8 Å². The lowest BCUT2D eigenvalue weighted by Gasteiger charge is -2.33. The van der Waals surface area contributed by atoms with Crippen molar-refractivity contribution in [3.05, 3.63) is 68.7 Å². The zero-order valence-corrected chi connectivity index (χ0v) is 21.3. The third kappa shape index (κ3) is 5.40. The van der Waals surface area contributed by atoms with E-state index in [-0.39, 0.29) is 35.7 Å². The molecule has 3 aromatic rings. The number of fused-ring (bicyclic) bond motifs is 1. The second kappa shape index (κ2) is 10.1. The van der Waals surface area contributed by atoms with Crippen molar-refractivity contribution in [3.8, 4) is 0 Å². The van der Waals surface area contributed by atoms with Crippen LogP contribution in [0.4, 0.5) is 13.2 Å². The number of aromatic nitrogens is 2. The summed E-state index contributed by atoms with van der Waals surface area (Å²) in [7, 11) is 0. The van der Waals surface area contributed by atoms with Crippen molar-refractivity contribution in [2.75, 3.05) is 26.2 Å². The first-order valence-electron chi connectivity index (χ1n) is 11.6. The van der Waals surface area contributed by atoms with Crippen LogP contribution in [0.15, 0.2) is 46.3 Å². The van der Waals surface area contributed by atoms with E-state index in [9.17, 15) is 23.1 Å². The minimum absolute atomic E-state index is 0.00761. The Labute approximate surface area is 220 Å². The molecule has 2 N–H and O–H groups in total. The molecule has 1 fully saturated rings. The van der Waals surface area contributed by atoms with Gasteiger partial charge in [0.25, 0.3) is 5.91 Å². The van der Waals surface area contributed by atoms with Crippen LogP contribution in [0.3, 0.4) is 0 Å². The Balaban J connectivity index is 1.39. The van der Waals surface area contributed by atoms with E-state index in [0.29, 0.717) is 40.9 Å². The average molecular weight is 550 g/mol. The number of nitrogens with one attached hydrogen (secondary N) is 1. The quantitative estimate of drug-likeness (QED) is 0.472. The number of alkyl halides is 3. The Bertz CT molecular complexity index is 1440. The Morgan fingerprint density at radius 1 is 1.27 bits per heavy atom. The number of carbonyl (C=O) groups is 1. The summed E-state index contributed by atoms with van der Waals surface area (Å²) in [5.41, 5.74) is 1.39. The number of hydrogen-bond donors (Lipinski definition) is 2. The topological polar surface area (TPSA) is 82.8 Å². The molecule has 0 saturated carbocycles. The van der Waals surface area contributed by atoms with Crippen LogP contribution in [-0.4, -0.2) is 63.1 Å². The number of aryl methyl sites for hydroxylation is 1. The van der Waals surface area contributed by atoms with Gasteiger partial charge in [0.05, 0.1) is 34.8 Å². The van der Waals surface area contributed by atoms with Crippen LogP contribution >= 0.6 is 23.4 Å². The molecule has 0 bridgehead atoms. The van der Waals surface area contributed by atoms with Crippen molar-refractivity contribution in [2.24, 2.45) is 4.99 Å². The first-order chi connectivity index (χ1) is 17.6. The van der Waals surface area contributed by atoms with Crippen LogP contribution in [0.5, 0.6) is 0 Å². The number of carbonyl (C=O) groups excluding carboxylic acids is 1. The molecule has 0 spiro atoms. The number of thioether (sulfide) groups is 1. The van der Waals surface area contributed by atoms with Crippen molar-refractivity contribution in [1.82, 2.24) is 20.0 Å². The summed E-state index contributed by atoms with van der Waals surface area (Å²) >= 11 is 7.11. The van der Waals surface area contributed by atoms with Gasteiger partial charge in [-0.05, 0) is 60.2 Å². The normalized spacial score (nSPS) is 19.8. The molecular formula is C25H23ClF3N5O2S. The van der Waals surface area contributed by atoms with Crippen LogP contribution in [0, 0.1) is 6.92 Å². The predicted molar refractivity (Wildman–Crippen MR) is 138 cm³/mol. The molecule has 0 radical (unpaired) electrons. The van der Waals surface area contributed by atoms with E-state index in [1.807, 2.05) is 11.0 Å². The number of aliphatic imine (C=N–C) groups is 1. The van der Waals surface area contributed by atoms with Crippen LogP contribution in [0.1, 0.15) is 22.4 Å². The Morgan fingerprint density at radius 3 is 2.84 bits per heavy atom. The highest BCUT2D eigenvalue weighted by Crippen LogP contribution is 2.35. The van der Waals surface area contributed by atoms with E-state index in [2.05, 4.69) is 15.4 Å². The van der Waals surface area contributed by atoms with Gasteiger partial charge >= 0.3 is 6.18 Å². The fourth-order valence-corrected chi connectivity index (χ4v) is 5.61. The van der Waals surface area contributed by atoms with Crippen molar-refractivity contribution in [3.63, 3.8) is 0 Å². The molecule has 1 aromatic heterocycles. The predicted octanol–water partition coefficient (Wildman–Crippen LogP) is 4.30. The van der Waals surface area contributed by atoms with Crippen LogP contribution in [0.2, 0.25) is 5.02 Å². The molecule has 2 aliphatic rings. The number of hydrogen-bond acceptors (Lipinski definition) is 6. The molecular weight excluding hydrogens is 527 g/mol. The summed E-state index contributed by atoms with van der Waals surface area (Å²) in [5.74, 6) is -0.325. The number of benzene rings is 2. The molecule has 0 unspecified atom stereocenters. The van der Waals surface area contributed by atoms with Crippen LogP contribution in [-0.2, 0) is 17.5 Å². The molecule has 3 heterocycles. The number of aliphatic hydroxyl groups is 1. The summed E-state index contributed by atoms with van der Waals surface area (Å²) in [6.07, 6.45) is -2.78. The van der Waals surface area contributed by atoms with Gasteiger partial charge in [0.15, 0.2) is 5.17 Å². The molecule has 2 aromatic carbocycles. The van der Waals surface area contributed by atoms with Gasteiger partial charge in [-0.25, -0.2) is 0 Å². The van der Waals surface area contributed by atoms with Crippen LogP contribution < -0.4 is 5.32 Å². The summed E-state index contributed by atoms with van der Waals surface area (Å²) in [4.78, 5) is 19.2. The Hall–Kier alpha value is -2.86. The molecule has 1 saturated heterocycles. The second-order valence-corrected chi connectivity index (χ2v) is 10.4. The van der Waals surface area contributed by atoms with Gasteiger partial charge in [-0.2, -0.15) is 23.3 Å². The van der Waals surface area contributed by atoms with E-state index < -0.39 is 11.7 Å². The number of amides is 1. The molecule has 2 aliphatic heterocycles. The minimum Gasteiger partial charge on any atom is -0.395 e. The molecule has 1 amide bonds. The van der Waals surface area contributed by atoms with Gasteiger partial charge in [0.1, 0.15) is 0 Å². The molecule has 0 aliphatic carbocycles. The number of amidine groups is 1. The summed E-state index contributed by atoms with van der Waals surface area (Å²) in [6, 6.07) is 9.13. The number of aliphatic hydroxyl groups excluding tert-OH is 1. The highest BCUT2D eigenvalue weighted by molar-refractivity contribution is 8.18. The number of nitrogens with zero attached hydrogens (tertiary/aromatic N) is 4. The number of rotatable bonds is 4. The van der Waals surface area contributed by atoms with E-state index >= 15 is 0 Å². The molecule has 37 heavy (non-hydrogen) atoms. The van der Waals surface area contributed by atoms with Gasteiger partial charge in [0, 0.05) is 36.1 Å². The number of piperazine rings is 1. The summed E-state index contributed by atoms with van der Waals surface area (Å²) < 4.78 is 42.2. The SMILES string of the molecule is Cc1nn(Cc2ccc(Cl)cc2C(F)(F)F)c2ccc(/C=C3/SC(N4CCN[C@H](CO)C4)=NC3=O)cc12. The van der Waals surface area contributed by atoms with Gasteiger partial charge in [-0.15, -0.1) is 0 Å². The van der Waals surface area contributed by atoms with E-state index in [4.69, 9.17) is 11.6 Å². The first kappa shape index (κ1) is 25.8. The van der Waals surface area contributed by atoms with Gasteiger partial charge in [-0.1, -0.05) is 23.7 Å². The standard InChI is InChI=1S/C25H23ClF3N5O2S/c1-14-19-8-15(9-22-23(36)31-24(37-22)33-7-6-30-18(12-33)13-35)2-5-21(19)34(32-14)11-16-3-4-17(26)10-20(16)25(27,28)29/h2-5,8-10,18,30,35H,6-7,11-13H2,1H3/b22-9+/t18-/m0/s1. The lowest BCUT2D eigenvalue weighted by molar-refractivity contribution is -0.138. The highest BCUT2D eigenvalue weighted by Gasteiger charge is 2.34. The lowest BCUT2D eigenvalue weighted by atomic mass is 10.1. The zero-order chi connectivity index (χ0) is 26.3. The monoisotopic (exact) mass is 549 g/mol. The average Bonchev–Trinajstić information content (AvgIpc) is 3.38. The maximum Gasteiger partial charge on any atom is 0.416 e. The second-order valence-electron chi connectivity index (χ2n) is 8.91. The zero-order valence-electron chi connectivity index (χ0n) is 19.7. The van der Waals surface area contributed by atoms with Crippen molar-refractivity contribution in [2.45, 2.75) is 25.7 Å². The Kier molecular flexibility index (Phi) is 7.06. The Morgan fingerprint density at radius 2 is 2.08 bits per heavy atom. The van der Waals surface area contributed by atoms with Crippen LogP contribution in [0.25, 0.3) is 17.0 Å². The lowest BCUT2D eigenvalue weighted by Crippen LogP contribution is -2.53. The summed E-state index contributed by atoms with van der Waals surface area (Å²) in [6.45, 7) is 3.68. The maximum atomic E-state index is 13.6. The molecule has 1 atom stereocenters. The van der Waals surface area contributed by atoms with Crippen molar-refractivity contribution < 1.29 is 23.1 Å². The van der Waals surface area contributed by atoms with E-state index in [0.717, 1.165) is 17.0 Å².